The largest absolute Gasteiger partial charge is 0.367 e. The molecule has 1 N–H and O–H groups in total. The normalized spacial score (nSPS) is 25.2. The molecule has 1 aromatic carbocycles. The Labute approximate surface area is 228 Å². The Bertz CT molecular complexity index is 1260. The number of amides is 2. The monoisotopic (exact) mass is 541 g/mol. The standard InChI is InChI=1S/C29H37F2N5O3/c1-18-12-34(23(10-32-18)14-35-13-19(2)39-16-28(35)38)15-27(37)36-17-29(3,4)24-11-33-22(9-26(24)36)7-20-5-6-21(30)8-25(20)31/h5-6,8-9,11,18-19,23,32H,7,10,12-17H2,1-4H3/t18-,19-,23-/m1/s1. The van der Waals surface area contributed by atoms with Crippen molar-refractivity contribution in [1.82, 2.24) is 20.1 Å². The number of morpholine rings is 1. The van der Waals surface area contributed by atoms with Crippen LogP contribution in [0.25, 0.3) is 0 Å². The zero-order valence-corrected chi connectivity index (χ0v) is 23.0. The van der Waals surface area contributed by atoms with Crippen molar-refractivity contribution in [3.8, 4) is 0 Å². The lowest BCUT2D eigenvalue weighted by molar-refractivity contribution is -0.149. The number of rotatable bonds is 6. The highest BCUT2D eigenvalue weighted by Gasteiger charge is 2.40. The van der Waals surface area contributed by atoms with Gasteiger partial charge in [-0.1, -0.05) is 19.9 Å². The van der Waals surface area contributed by atoms with Gasteiger partial charge in [0.2, 0.25) is 11.8 Å². The van der Waals surface area contributed by atoms with Gasteiger partial charge >= 0.3 is 0 Å². The van der Waals surface area contributed by atoms with Crippen LogP contribution in [-0.4, -0.2) is 90.7 Å². The number of nitrogens with one attached hydrogen (secondary N) is 1. The first-order valence-electron chi connectivity index (χ1n) is 13.6. The summed E-state index contributed by atoms with van der Waals surface area (Å²) in [6, 6.07) is 5.62. The van der Waals surface area contributed by atoms with Crippen molar-refractivity contribution in [3.63, 3.8) is 0 Å². The van der Waals surface area contributed by atoms with E-state index in [0.717, 1.165) is 17.3 Å². The molecule has 3 aliphatic rings. The third-order valence-electron chi connectivity index (χ3n) is 8.02. The molecular weight excluding hydrogens is 504 g/mol. The predicted octanol–water partition coefficient (Wildman–Crippen LogP) is 2.48. The van der Waals surface area contributed by atoms with Crippen LogP contribution in [0.3, 0.4) is 0 Å². The van der Waals surface area contributed by atoms with Gasteiger partial charge in [0.25, 0.3) is 0 Å². The molecular formula is C29H37F2N5O3. The van der Waals surface area contributed by atoms with Gasteiger partial charge < -0.3 is 19.9 Å². The van der Waals surface area contributed by atoms with Crippen LogP contribution in [0.5, 0.6) is 0 Å². The van der Waals surface area contributed by atoms with Crippen LogP contribution in [0.15, 0.2) is 30.5 Å². The maximum atomic E-state index is 14.3. The first kappa shape index (κ1) is 27.6. The van der Waals surface area contributed by atoms with Gasteiger partial charge in [0.1, 0.15) is 18.2 Å². The minimum Gasteiger partial charge on any atom is -0.367 e. The van der Waals surface area contributed by atoms with Crippen LogP contribution in [-0.2, 0) is 26.2 Å². The van der Waals surface area contributed by atoms with Crippen molar-refractivity contribution in [3.05, 3.63) is 58.9 Å². The number of anilines is 1. The Morgan fingerprint density at radius 2 is 2.00 bits per heavy atom. The van der Waals surface area contributed by atoms with Gasteiger partial charge in [0.15, 0.2) is 0 Å². The molecule has 2 saturated heterocycles. The molecule has 0 aliphatic carbocycles. The summed E-state index contributed by atoms with van der Waals surface area (Å²) in [6.07, 6.45) is 1.97. The Morgan fingerprint density at radius 3 is 2.77 bits per heavy atom. The zero-order valence-electron chi connectivity index (χ0n) is 23.0. The number of benzene rings is 1. The fraction of sp³-hybridized carbons (Fsp3) is 0.552. The Balaban J connectivity index is 1.34. The van der Waals surface area contributed by atoms with Gasteiger partial charge in [-0.3, -0.25) is 19.5 Å². The lowest BCUT2D eigenvalue weighted by Gasteiger charge is -2.43. The number of piperazine rings is 1. The number of hydrogen-bond acceptors (Lipinski definition) is 6. The highest BCUT2D eigenvalue weighted by molar-refractivity contribution is 5.97. The summed E-state index contributed by atoms with van der Waals surface area (Å²) in [6.45, 7) is 11.5. The molecule has 5 rings (SSSR count). The van der Waals surface area contributed by atoms with Gasteiger partial charge in [0.05, 0.1) is 18.3 Å². The summed E-state index contributed by atoms with van der Waals surface area (Å²) in [5.41, 5.74) is 2.43. The number of ether oxygens (including phenoxy) is 1. The Hall–Kier alpha value is -2.95. The van der Waals surface area contributed by atoms with Crippen molar-refractivity contribution >= 4 is 17.5 Å². The van der Waals surface area contributed by atoms with Crippen molar-refractivity contribution in [2.24, 2.45) is 0 Å². The minimum absolute atomic E-state index is 0.00364. The van der Waals surface area contributed by atoms with Crippen LogP contribution < -0.4 is 10.2 Å². The van der Waals surface area contributed by atoms with Gasteiger partial charge in [-0.15, -0.1) is 0 Å². The number of pyridine rings is 1. The molecule has 8 nitrogen and oxygen atoms in total. The van der Waals surface area contributed by atoms with E-state index in [1.54, 1.807) is 6.20 Å². The summed E-state index contributed by atoms with van der Waals surface area (Å²) in [5.74, 6) is -1.28. The average Bonchev–Trinajstić information content (AvgIpc) is 3.15. The van der Waals surface area contributed by atoms with E-state index >= 15 is 0 Å². The second-order valence-corrected chi connectivity index (χ2v) is 11.8. The van der Waals surface area contributed by atoms with Gasteiger partial charge in [-0.05, 0) is 31.5 Å². The summed E-state index contributed by atoms with van der Waals surface area (Å²) >= 11 is 0. The summed E-state index contributed by atoms with van der Waals surface area (Å²) in [5, 5.41) is 3.49. The summed E-state index contributed by atoms with van der Waals surface area (Å²) < 4.78 is 33.2. The molecule has 210 valence electrons. The molecule has 0 bridgehead atoms. The number of nitrogens with zero attached hydrogens (tertiary/aromatic N) is 4. The van der Waals surface area contributed by atoms with Crippen molar-refractivity contribution < 1.29 is 23.1 Å². The SMILES string of the molecule is C[C@@H]1CN(CC(=O)N2CC(C)(C)c3cnc(Cc4ccc(F)cc4F)cc32)[C@@H](CN2C[C@@H](C)OCC2=O)CN1. The van der Waals surface area contributed by atoms with Crippen molar-refractivity contribution in [2.45, 2.75) is 57.7 Å². The second-order valence-electron chi connectivity index (χ2n) is 11.8. The molecule has 3 atom stereocenters. The molecule has 0 spiro atoms. The van der Waals surface area contributed by atoms with E-state index in [2.05, 4.69) is 36.0 Å². The van der Waals surface area contributed by atoms with E-state index in [1.165, 1.54) is 12.1 Å². The highest BCUT2D eigenvalue weighted by Crippen LogP contribution is 2.40. The molecule has 2 fully saturated rings. The maximum Gasteiger partial charge on any atom is 0.248 e. The van der Waals surface area contributed by atoms with E-state index in [1.807, 2.05) is 22.8 Å². The molecule has 0 saturated carbocycles. The summed E-state index contributed by atoms with van der Waals surface area (Å²) in [4.78, 5) is 36.7. The van der Waals surface area contributed by atoms with Crippen LogP contribution >= 0.6 is 0 Å². The fourth-order valence-electron chi connectivity index (χ4n) is 5.84. The number of carbonyl (C=O) groups excluding carboxylic acids is 2. The highest BCUT2D eigenvalue weighted by atomic mass is 19.1. The second kappa shape index (κ2) is 10.9. The first-order valence-corrected chi connectivity index (χ1v) is 13.6. The van der Waals surface area contributed by atoms with Gasteiger partial charge in [-0.2, -0.15) is 0 Å². The number of halogens is 2. The lowest BCUT2D eigenvalue weighted by Crippen LogP contribution is -2.62. The van der Waals surface area contributed by atoms with Gasteiger partial charge in [-0.25, -0.2) is 8.78 Å². The van der Waals surface area contributed by atoms with Crippen LogP contribution in [0.2, 0.25) is 0 Å². The van der Waals surface area contributed by atoms with Crippen LogP contribution in [0, 0.1) is 11.6 Å². The molecule has 0 unspecified atom stereocenters. The molecule has 3 aliphatic heterocycles. The molecule has 4 heterocycles. The zero-order chi connectivity index (χ0) is 27.9. The van der Waals surface area contributed by atoms with Crippen molar-refractivity contribution in [2.75, 3.05) is 50.8 Å². The molecule has 2 aromatic rings. The Kier molecular flexibility index (Phi) is 7.72. The molecule has 39 heavy (non-hydrogen) atoms. The van der Waals surface area contributed by atoms with E-state index in [-0.39, 0.29) is 55.0 Å². The molecule has 10 heteroatoms. The number of fused-ring (bicyclic) bond motifs is 1. The molecule has 2 amide bonds. The fourth-order valence-corrected chi connectivity index (χ4v) is 5.84. The van der Waals surface area contributed by atoms with Gasteiger partial charge in [0, 0.05) is 80.2 Å². The number of aromatic nitrogens is 1. The van der Waals surface area contributed by atoms with Crippen LogP contribution in [0.4, 0.5) is 14.5 Å². The third kappa shape index (κ3) is 5.97. The van der Waals surface area contributed by atoms with E-state index in [4.69, 9.17) is 4.74 Å². The van der Waals surface area contributed by atoms with E-state index in [9.17, 15) is 18.4 Å². The van der Waals surface area contributed by atoms with E-state index < -0.39 is 11.6 Å². The smallest absolute Gasteiger partial charge is 0.248 e. The lowest BCUT2D eigenvalue weighted by atomic mass is 9.88. The first-order chi connectivity index (χ1) is 18.5. The number of hydrogen-bond donors (Lipinski definition) is 1. The third-order valence-corrected chi connectivity index (χ3v) is 8.02. The maximum absolute atomic E-state index is 14.3. The number of carbonyl (C=O) groups is 2. The molecule has 1 aromatic heterocycles. The average molecular weight is 542 g/mol. The van der Waals surface area contributed by atoms with Crippen molar-refractivity contribution in [1.29, 1.82) is 0 Å². The molecule has 0 radical (unpaired) electrons. The quantitative estimate of drug-likeness (QED) is 0.606. The predicted molar refractivity (Wildman–Crippen MR) is 144 cm³/mol. The minimum atomic E-state index is -0.621. The van der Waals surface area contributed by atoms with Crippen LogP contribution in [0.1, 0.15) is 44.5 Å². The topological polar surface area (TPSA) is 78.0 Å². The van der Waals surface area contributed by atoms with E-state index in [0.29, 0.717) is 44.0 Å². The Morgan fingerprint density at radius 1 is 1.21 bits per heavy atom. The summed E-state index contributed by atoms with van der Waals surface area (Å²) in [7, 11) is 0.